The second-order valence-electron chi connectivity index (χ2n) is 4.17. The number of benzene rings is 1. The molecule has 1 aromatic carbocycles. The predicted molar refractivity (Wildman–Crippen MR) is 65.8 cm³/mol. The molecule has 92 valence electrons. The SMILES string of the molecule is CC(C)NCC(O)COc1cccc(C#N)c1. The zero-order valence-electron chi connectivity index (χ0n) is 10.2. The molecule has 0 fully saturated rings. The smallest absolute Gasteiger partial charge is 0.120 e. The van der Waals surface area contributed by atoms with Crippen LogP contribution in [0.1, 0.15) is 19.4 Å². The number of hydrogen-bond acceptors (Lipinski definition) is 4. The molecule has 17 heavy (non-hydrogen) atoms. The second kappa shape index (κ2) is 6.89. The van der Waals surface area contributed by atoms with Gasteiger partial charge in [-0.05, 0) is 18.2 Å². The Labute approximate surface area is 102 Å². The van der Waals surface area contributed by atoms with Crippen molar-refractivity contribution in [3.05, 3.63) is 29.8 Å². The summed E-state index contributed by atoms with van der Waals surface area (Å²) in [5, 5.41) is 21.5. The molecule has 0 aliphatic carbocycles. The third kappa shape index (κ3) is 5.34. The van der Waals surface area contributed by atoms with Crippen LogP contribution in [-0.2, 0) is 0 Å². The van der Waals surface area contributed by atoms with Gasteiger partial charge in [-0.1, -0.05) is 19.9 Å². The number of rotatable bonds is 6. The third-order valence-corrected chi connectivity index (χ3v) is 2.17. The molecule has 2 N–H and O–H groups in total. The first kappa shape index (κ1) is 13.5. The Bertz CT molecular complexity index is 385. The zero-order valence-corrected chi connectivity index (χ0v) is 10.2. The lowest BCUT2D eigenvalue weighted by Gasteiger charge is -2.15. The first-order valence-electron chi connectivity index (χ1n) is 5.66. The largest absolute Gasteiger partial charge is 0.491 e. The topological polar surface area (TPSA) is 65.3 Å². The number of nitrogens with zero attached hydrogens (tertiary/aromatic N) is 1. The predicted octanol–water partition coefficient (Wildman–Crippen LogP) is 1.30. The van der Waals surface area contributed by atoms with E-state index in [1.54, 1.807) is 24.3 Å². The average molecular weight is 234 g/mol. The minimum Gasteiger partial charge on any atom is -0.491 e. The number of aliphatic hydroxyl groups excluding tert-OH is 1. The number of hydrogen-bond donors (Lipinski definition) is 2. The van der Waals surface area contributed by atoms with Gasteiger partial charge in [-0.25, -0.2) is 0 Å². The van der Waals surface area contributed by atoms with E-state index in [1.165, 1.54) is 0 Å². The Morgan fingerprint density at radius 2 is 2.24 bits per heavy atom. The zero-order chi connectivity index (χ0) is 12.7. The molecule has 0 spiro atoms. The lowest BCUT2D eigenvalue weighted by molar-refractivity contribution is 0.104. The van der Waals surface area contributed by atoms with Gasteiger partial charge in [0.1, 0.15) is 18.5 Å². The van der Waals surface area contributed by atoms with Gasteiger partial charge in [0.2, 0.25) is 0 Å². The standard InChI is InChI=1S/C13H18N2O2/c1-10(2)15-8-12(16)9-17-13-5-3-4-11(6-13)7-14/h3-6,10,12,15-16H,8-9H2,1-2H3. The molecule has 4 nitrogen and oxygen atoms in total. The molecule has 0 bridgehead atoms. The summed E-state index contributed by atoms with van der Waals surface area (Å²) in [6, 6.07) is 9.27. The van der Waals surface area contributed by atoms with E-state index in [1.807, 2.05) is 19.9 Å². The molecule has 0 aromatic heterocycles. The molecule has 0 heterocycles. The van der Waals surface area contributed by atoms with Crippen LogP contribution in [0.4, 0.5) is 0 Å². The summed E-state index contributed by atoms with van der Waals surface area (Å²) in [7, 11) is 0. The Balaban J connectivity index is 2.37. The van der Waals surface area contributed by atoms with Gasteiger partial charge >= 0.3 is 0 Å². The Morgan fingerprint density at radius 1 is 1.47 bits per heavy atom. The minimum absolute atomic E-state index is 0.217. The van der Waals surface area contributed by atoms with Crippen LogP contribution in [0.5, 0.6) is 5.75 Å². The Hall–Kier alpha value is -1.57. The number of aliphatic hydroxyl groups is 1. The third-order valence-electron chi connectivity index (χ3n) is 2.17. The highest BCUT2D eigenvalue weighted by Gasteiger charge is 2.06. The van der Waals surface area contributed by atoms with Crippen LogP contribution in [0.3, 0.4) is 0 Å². The van der Waals surface area contributed by atoms with E-state index in [-0.39, 0.29) is 6.61 Å². The fourth-order valence-electron chi connectivity index (χ4n) is 1.28. The van der Waals surface area contributed by atoms with Crippen LogP contribution in [0.15, 0.2) is 24.3 Å². The van der Waals surface area contributed by atoms with Crippen LogP contribution < -0.4 is 10.1 Å². The molecule has 0 saturated carbocycles. The average Bonchev–Trinajstić information content (AvgIpc) is 2.34. The maximum absolute atomic E-state index is 9.63. The summed E-state index contributed by atoms with van der Waals surface area (Å²) in [6.45, 7) is 4.75. The van der Waals surface area contributed by atoms with E-state index in [0.717, 1.165) is 0 Å². The monoisotopic (exact) mass is 234 g/mol. The van der Waals surface area contributed by atoms with Gasteiger partial charge in [0, 0.05) is 12.6 Å². The molecule has 1 rings (SSSR count). The van der Waals surface area contributed by atoms with Crippen molar-refractivity contribution in [2.75, 3.05) is 13.2 Å². The van der Waals surface area contributed by atoms with Gasteiger partial charge < -0.3 is 15.2 Å². The van der Waals surface area contributed by atoms with Crippen molar-refractivity contribution in [1.29, 1.82) is 5.26 Å². The molecule has 1 atom stereocenters. The number of nitriles is 1. The van der Waals surface area contributed by atoms with Gasteiger partial charge in [0.15, 0.2) is 0 Å². The second-order valence-corrected chi connectivity index (χ2v) is 4.17. The summed E-state index contributed by atoms with van der Waals surface area (Å²) >= 11 is 0. The van der Waals surface area contributed by atoms with Crippen LogP contribution >= 0.6 is 0 Å². The van der Waals surface area contributed by atoms with Crippen LogP contribution in [0.2, 0.25) is 0 Å². The molecule has 0 aliphatic heterocycles. The molecular formula is C13H18N2O2. The fourth-order valence-corrected chi connectivity index (χ4v) is 1.28. The maximum Gasteiger partial charge on any atom is 0.120 e. The summed E-state index contributed by atoms with van der Waals surface area (Å²) in [6.07, 6.45) is -0.553. The highest BCUT2D eigenvalue weighted by molar-refractivity contribution is 5.36. The molecule has 0 radical (unpaired) electrons. The summed E-state index contributed by atoms with van der Waals surface area (Å²) in [5.74, 6) is 0.604. The van der Waals surface area contributed by atoms with E-state index in [2.05, 4.69) is 5.32 Å². The van der Waals surface area contributed by atoms with Gasteiger partial charge in [0.05, 0.1) is 11.6 Å². The molecule has 0 amide bonds. The van der Waals surface area contributed by atoms with Gasteiger partial charge in [-0.15, -0.1) is 0 Å². The molecule has 1 aromatic rings. The summed E-state index contributed by atoms with van der Waals surface area (Å²) < 4.78 is 5.40. The lowest BCUT2D eigenvalue weighted by atomic mass is 10.2. The highest BCUT2D eigenvalue weighted by Crippen LogP contribution is 2.12. The summed E-state index contributed by atoms with van der Waals surface area (Å²) in [5.41, 5.74) is 0.553. The fraction of sp³-hybridized carbons (Fsp3) is 0.462. The van der Waals surface area contributed by atoms with E-state index in [0.29, 0.717) is 23.9 Å². The van der Waals surface area contributed by atoms with Crippen LogP contribution in [-0.4, -0.2) is 30.4 Å². The van der Waals surface area contributed by atoms with E-state index in [9.17, 15) is 5.11 Å². The first-order chi connectivity index (χ1) is 8.11. The van der Waals surface area contributed by atoms with Gasteiger partial charge in [0.25, 0.3) is 0 Å². The summed E-state index contributed by atoms with van der Waals surface area (Å²) in [4.78, 5) is 0. The van der Waals surface area contributed by atoms with Gasteiger partial charge in [-0.3, -0.25) is 0 Å². The van der Waals surface area contributed by atoms with Crippen molar-refractivity contribution < 1.29 is 9.84 Å². The van der Waals surface area contributed by atoms with Crippen molar-refractivity contribution in [3.63, 3.8) is 0 Å². The molecule has 1 unspecified atom stereocenters. The number of ether oxygens (including phenoxy) is 1. The Kier molecular flexibility index (Phi) is 5.47. The van der Waals surface area contributed by atoms with E-state index >= 15 is 0 Å². The number of nitrogens with one attached hydrogen (secondary N) is 1. The quantitative estimate of drug-likeness (QED) is 0.778. The molecular weight excluding hydrogens is 216 g/mol. The van der Waals surface area contributed by atoms with Crippen molar-refractivity contribution in [2.24, 2.45) is 0 Å². The normalized spacial score (nSPS) is 12.2. The van der Waals surface area contributed by atoms with Crippen molar-refractivity contribution in [3.8, 4) is 11.8 Å². The van der Waals surface area contributed by atoms with Crippen molar-refractivity contribution in [1.82, 2.24) is 5.32 Å². The molecule has 4 heteroatoms. The maximum atomic E-state index is 9.63. The molecule has 0 aliphatic rings. The minimum atomic E-state index is -0.553. The molecule has 0 saturated heterocycles. The Morgan fingerprint density at radius 3 is 2.88 bits per heavy atom. The first-order valence-corrected chi connectivity index (χ1v) is 5.66. The lowest BCUT2D eigenvalue weighted by Crippen LogP contribution is -2.35. The van der Waals surface area contributed by atoms with E-state index < -0.39 is 6.10 Å². The van der Waals surface area contributed by atoms with Gasteiger partial charge in [-0.2, -0.15) is 5.26 Å². The van der Waals surface area contributed by atoms with E-state index in [4.69, 9.17) is 10.00 Å². The van der Waals surface area contributed by atoms with Crippen LogP contribution in [0, 0.1) is 11.3 Å². The van der Waals surface area contributed by atoms with Crippen molar-refractivity contribution in [2.45, 2.75) is 26.0 Å². The highest BCUT2D eigenvalue weighted by atomic mass is 16.5. The van der Waals surface area contributed by atoms with Crippen LogP contribution in [0.25, 0.3) is 0 Å². The van der Waals surface area contributed by atoms with Crippen molar-refractivity contribution >= 4 is 0 Å².